The Labute approximate surface area is 117 Å². The third-order valence-electron chi connectivity index (χ3n) is 4.02. The van der Waals surface area contributed by atoms with E-state index in [0.29, 0.717) is 11.5 Å². The van der Waals surface area contributed by atoms with Crippen molar-refractivity contribution in [1.82, 2.24) is 0 Å². The predicted molar refractivity (Wildman–Crippen MR) is 77.3 cm³/mol. The van der Waals surface area contributed by atoms with Gasteiger partial charge in [-0.05, 0) is 42.5 Å². The number of anilines is 1. The highest BCUT2D eigenvalue weighted by atomic mass is 19.1. The van der Waals surface area contributed by atoms with Crippen LogP contribution in [0.25, 0.3) is 0 Å². The molecule has 2 aromatic rings. The summed E-state index contributed by atoms with van der Waals surface area (Å²) in [4.78, 5) is 12.5. The Morgan fingerprint density at radius 1 is 1.15 bits per heavy atom. The number of benzene rings is 2. The minimum atomic E-state index is -0.550. The lowest BCUT2D eigenvalue weighted by Crippen LogP contribution is -2.11. The lowest BCUT2D eigenvalue weighted by atomic mass is 9.79. The Morgan fingerprint density at radius 2 is 1.90 bits per heavy atom. The van der Waals surface area contributed by atoms with Crippen molar-refractivity contribution in [2.75, 3.05) is 5.73 Å². The number of para-hydroxylation sites is 1. The summed E-state index contributed by atoms with van der Waals surface area (Å²) in [7, 11) is 0. The van der Waals surface area contributed by atoms with Crippen molar-refractivity contribution in [3.8, 4) is 0 Å². The zero-order valence-corrected chi connectivity index (χ0v) is 11.1. The minimum absolute atomic E-state index is 0.0773. The standard InChI is InChI=1S/C17H16FNO/c18-15-9-3-8-14(16(15)19)17(20)13-7-2-6-12(10-13)11-4-1-5-11/h2-3,6-11H,1,4-5,19H2. The van der Waals surface area contributed by atoms with Crippen molar-refractivity contribution in [2.45, 2.75) is 25.2 Å². The van der Waals surface area contributed by atoms with Crippen LogP contribution in [0, 0.1) is 5.82 Å². The predicted octanol–water partition coefficient (Wildman–Crippen LogP) is 3.91. The number of nitrogen functional groups attached to an aromatic ring is 1. The van der Waals surface area contributed by atoms with Gasteiger partial charge >= 0.3 is 0 Å². The van der Waals surface area contributed by atoms with Gasteiger partial charge in [-0.1, -0.05) is 30.7 Å². The van der Waals surface area contributed by atoms with Gasteiger partial charge in [-0.3, -0.25) is 4.79 Å². The van der Waals surface area contributed by atoms with E-state index in [1.807, 2.05) is 12.1 Å². The molecule has 0 atom stereocenters. The maximum absolute atomic E-state index is 13.4. The average Bonchev–Trinajstić information content (AvgIpc) is 2.40. The molecule has 0 aliphatic heterocycles. The fourth-order valence-corrected chi connectivity index (χ4v) is 2.57. The van der Waals surface area contributed by atoms with Gasteiger partial charge in [0.25, 0.3) is 0 Å². The normalized spacial score (nSPS) is 14.8. The first kappa shape index (κ1) is 12.9. The lowest BCUT2D eigenvalue weighted by molar-refractivity contribution is 0.103. The van der Waals surface area contributed by atoms with Crippen LogP contribution in [0.5, 0.6) is 0 Å². The number of halogens is 1. The largest absolute Gasteiger partial charge is 0.396 e. The van der Waals surface area contributed by atoms with E-state index in [9.17, 15) is 9.18 Å². The molecule has 0 heterocycles. The van der Waals surface area contributed by atoms with E-state index >= 15 is 0 Å². The van der Waals surface area contributed by atoms with Gasteiger partial charge in [0.15, 0.2) is 5.78 Å². The quantitative estimate of drug-likeness (QED) is 0.678. The number of nitrogens with two attached hydrogens (primary N) is 1. The molecular weight excluding hydrogens is 253 g/mol. The fourth-order valence-electron chi connectivity index (χ4n) is 2.57. The Kier molecular flexibility index (Phi) is 3.26. The molecule has 2 N–H and O–H groups in total. The summed E-state index contributed by atoms with van der Waals surface area (Å²) in [5.74, 6) is -0.207. The molecule has 0 aromatic heterocycles. The zero-order valence-electron chi connectivity index (χ0n) is 11.1. The van der Waals surface area contributed by atoms with Crippen molar-refractivity contribution >= 4 is 11.5 Å². The molecule has 0 saturated heterocycles. The van der Waals surface area contributed by atoms with Gasteiger partial charge in [0, 0.05) is 11.1 Å². The number of carbonyl (C=O) groups is 1. The van der Waals surface area contributed by atoms with Crippen LogP contribution < -0.4 is 5.73 Å². The van der Waals surface area contributed by atoms with E-state index in [2.05, 4.69) is 6.07 Å². The first-order valence-corrected chi connectivity index (χ1v) is 6.85. The second kappa shape index (κ2) is 5.08. The molecule has 0 amide bonds. The van der Waals surface area contributed by atoms with E-state index in [4.69, 9.17) is 5.73 Å². The highest BCUT2D eigenvalue weighted by Gasteiger charge is 2.21. The second-order valence-corrected chi connectivity index (χ2v) is 5.28. The molecule has 1 aliphatic rings. The van der Waals surface area contributed by atoms with E-state index in [1.54, 1.807) is 12.1 Å². The summed E-state index contributed by atoms with van der Waals surface area (Å²) in [5, 5.41) is 0. The first-order valence-electron chi connectivity index (χ1n) is 6.85. The lowest BCUT2D eigenvalue weighted by Gasteiger charge is -2.26. The van der Waals surface area contributed by atoms with Crippen LogP contribution in [0.2, 0.25) is 0 Å². The van der Waals surface area contributed by atoms with Crippen LogP contribution in [0.15, 0.2) is 42.5 Å². The number of rotatable bonds is 3. The summed E-state index contributed by atoms with van der Waals surface area (Å²) < 4.78 is 13.4. The number of hydrogen-bond donors (Lipinski definition) is 1. The van der Waals surface area contributed by atoms with Crippen LogP contribution in [0.4, 0.5) is 10.1 Å². The van der Waals surface area contributed by atoms with Gasteiger partial charge in [0.2, 0.25) is 0 Å². The Hall–Kier alpha value is -2.16. The molecule has 0 unspecified atom stereocenters. The summed E-state index contributed by atoms with van der Waals surface area (Å²) in [6, 6.07) is 11.9. The molecule has 1 fully saturated rings. The van der Waals surface area contributed by atoms with Crippen molar-refractivity contribution in [2.24, 2.45) is 0 Å². The molecule has 2 nitrogen and oxygen atoms in total. The van der Waals surface area contributed by atoms with Gasteiger partial charge in [-0.2, -0.15) is 0 Å². The molecule has 3 heteroatoms. The Bertz CT molecular complexity index is 662. The average molecular weight is 269 g/mol. The van der Waals surface area contributed by atoms with Crippen molar-refractivity contribution < 1.29 is 9.18 Å². The SMILES string of the molecule is Nc1c(F)cccc1C(=O)c1cccc(C2CCC2)c1. The first-order chi connectivity index (χ1) is 9.66. The summed E-state index contributed by atoms with van der Waals surface area (Å²) in [5.41, 5.74) is 7.58. The molecular formula is C17H16FNO. The van der Waals surface area contributed by atoms with E-state index < -0.39 is 5.82 Å². The topological polar surface area (TPSA) is 43.1 Å². The molecule has 1 saturated carbocycles. The number of ketones is 1. The van der Waals surface area contributed by atoms with Crippen molar-refractivity contribution in [3.63, 3.8) is 0 Å². The van der Waals surface area contributed by atoms with E-state index in [1.165, 1.54) is 37.0 Å². The van der Waals surface area contributed by atoms with Gasteiger partial charge < -0.3 is 5.73 Å². The van der Waals surface area contributed by atoms with Crippen molar-refractivity contribution in [1.29, 1.82) is 0 Å². The zero-order chi connectivity index (χ0) is 14.1. The highest BCUT2D eigenvalue weighted by Crippen LogP contribution is 2.36. The van der Waals surface area contributed by atoms with Crippen LogP contribution >= 0.6 is 0 Å². The van der Waals surface area contributed by atoms with Crippen LogP contribution in [-0.2, 0) is 0 Å². The molecule has 3 rings (SSSR count). The van der Waals surface area contributed by atoms with E-state index in [-0.39, 0.29) is 17.0 Å². The van der Waals surface area contributed by atoms with Gasteiger partial charge in [-0.25, -0.2) is 4.39 Å². The van der Waals surface area contributed by atoms with Gasteiger partial charge in [-0.15, -0.1) is 0 Å². The number of hydrogen-bond acceptors (Lipinski definition) is 2. The van der Waals surface area contributed by atoms with Crippen LogP contribution in [0.1, 0.15) is 46.7 Å². The molecule has 20 heavy (non-hydrogen) atoms. The monoisotopic (exact) mass is 269 g/mol. The minimum Gasteiger partial charge on any atom is -0.396 e. The van der Waals surface area contributed by atoms with Crippen LogP contribution in [0.3, 0.4) is 0 Å². The van der Waals surface area contributed by atoms with Crippen molar-refractivity contribution in [3.05, 3.63) is 65.0 Å². The van der Waals surface area contributed by atoms with Gasteiger partial charge in [0.05, 0.1) is 5.69 Å². The number of carbonyl (C=O) groups excluding carboxylic acids is 1. The highest BCUT2D eigenvalue weighted by molar-refractivity contribution is 6.12. The molecule has 1 aliphatic carbocycles. The summed E-state index contributed by atoms with van der Waals surface area (Å²) in [6.07, 6.45) is 3.61. The third-order valence-corrected chi connectivity index (χ3v) is 4.02. The summed E-state index contributed by atoms with van der Waals surface area (Å²) in [6.45, 7) is 0. The second-order valence-electron chi connectivity index (χ2n) is 5.28. The van der Waals surface area contributed by atoms with E-state index in [0.717, 1.165) is 0 Å². The Morgan fingerprint density at radius 3 is 2.60 bits per heavy atom. The summed E-state index contributed by atoms with van der Waals surface area (Å²) >= 11 is 0. The maximum atomic E-state index is 13.4. The Balaban J connectivity index is 1.95. The third kappa shape index (κ3) is 2.20. The molecule has 102 valence electrons. The molecule has 0 spiro atoms. The maximum Gasteiger partial charge on any atom is 0.195 e. The van der Waals surface area contributed by atoms with Crippen LogP contribution in [-0.4, -0.2) is 5.78 Å². The molecule has 0 radical (unpaired) electrons. The molecule has 2 aromatic carbocycles. The fraction of sp³-hybridized carbons (Fsp3) is 0.235. The van der Waals surface area contributed by atoms with Gasteiger partial charge in [0.1, 0.15) is 5.82 Å². The molecule has 0 bridgehead atoms. The smallest absolute Gasteiger partial charge is 0.195 e.